The Kier molecular flexibility index (Phi) is 5.85. The highest BCUT2D eigenvalue weighted by Crippen LogP contribution is 2.23. The van der Waals surface area contributed by atoms with Crippen molar-refractivity contribution in [1.82, 2.24) is 20.4 Å². The molecule has 1 aliphatic heterocycles. The minimum Gasteiger partial charge on any atom is -0.497 e. The van der Waals surface area contributed by atoms with Crippen LogP contribution in [0.15, 0.2) is 30.5 Å². The molecule has 0 unspecified atom stereocenters. The van der Waals surface area contributed by atoms with Gasteiger partial charge in [0.15, 0.2) is 0 Å². The van der Waals surface area contributed by atoms with Crippen molar-refractivity contribution >= 4 is 0 Å². The summed E-state index contributed by atoms with van der Waals surface area (Å²) in [5.74, 6) is 0.890. The zero-order valence-corrected chi connectivity index (χ0v) is 14.4. The summed E-state index contributed by atoms with van der Waals surface area (Å²) in [5, 5.41) is 10.6. The molecular formula is C18H26N4O2. The van der Waals surface area contributed by atoms with Gasteiger partial charge in [0, 0.05) is 43.5 Å². The normalized spacial score (nSPS) is 16.9. The van der Waals surface area contributed by atoms with E-state index in [0.29, 0.717) is 6.04 Å². The van der Waals surface area contributed by atoms with Crippen molar-refractivity contribution < 1.29 is 9.47 Å². The average Bonchev–Trinajstić information content (AvgIpc) is 3.05. The van der Waals surface area contributed by atoms with E-state index in [1.807, 2.05) is 25.3 Å². The molecular weight excluding hydrogens is 304 g/mol. The Morgan fingerprint density at radius 1 is 1.29 bits per heavy atom. The number of rotatable bonds is 7. The summed E-state index contributed by atoms with van der Waals surface area (Å²) in [4.78, 5) is 2.49. The number of nitrogens with zero attached hydrogens (tertiary/aromatic N) is 2. The number of aryl methyl sites for hydroxylation is 1. The quantitative estimate of drug-likeness (QED) is 0.812. The molecule has 2 heterocycles. The van der Waals surface area contributed by atoms with Gasteiger partial charge in [-0.3, -0.25) is 10.00 Å². The van der Waals surface area contributed by atoms with Gasteiger partial charge in [0.2, 0.25) is 0 Å². The standard InChI is InChI=1S/C18H26N4O2/c1-14-16(12-20-21-14)11-19-13-18(22-7-9-24-10-8-22)15-3-5-17(23-2)6-4-15/h3-6,12,18-19H,7-11,13H2,1-2H3,(H,20,21)/t18-/m1/s1. The minimum atomic E-state index is 0.326. The highest BCUT2D eigenvalue weighted by molar-refractivity contribution is 5.29. The molecule has 1 atom stereocenters. The van der Waals surface area contributed by atoms with Crippen LogP contribution >= 0.6 is 0 Å². The summed E-state index contributed by atoms with van der Waals surface area (Å²) >= 11 is 0. The molecule has 6 heteroatoms. The van der Waals surface area contributed by atoms with Crippen LogP contribution in [0.25, 0.3) is 0 Å². The second-order valence-corrected chi connectivity index (χ2v) is 6.09. The number of benzene rings is 1. The summed E-state index contributed by atoms with van der Waals surface area (Å²) in [6.45, 7) is 7.27. The van der Waals surface area contributed by atoms with Gasteiger partial charge < -0.3 is 14.8 Å². The number of hydrogen-bond donors (Lipinski definition) is 2. The van der Waals surface area contributed by atoms with Crippen molar-refractivity contribution in [3.8, 4) is 5.75 Å². The van der Waals surface area contributed by atoms with E-state index in [4.69, 9.17) is 9.47 Å². The largest absolute Gasteiger partial charge is 0.497 e. The Balaban J connectivity index is 1.67. The highest BCUT2D eigenvalue weighted by Gasteiger charge is 2.22. The lowest BCUT2D eigenvalue weighted by atomic mass is 10.0. The first-order valence-electron chi connectivity index (χ1n) is 8.43. The Bertz CT molecular complexity index is 620. The maximum Gasteiger partial charge on any atom is 0.118 e. The molecule has 0 radical (unpaired) electrons. The predicted molar refractivity (Wildman–Crippen MR) is 93.2 cm³/mol. The lowest BCUT2D eigenvalue weighted by molar-refractivity contribution is 0.0161. The van der Waals surface area contributed by atoms with Crippen LogP contribution in [0.2, 0.25) is 0 Å². The molecule has 1 aromatic heterocycles. The minimum absolute atomic E-state index is 0.326. The molecule has 1 aromatic carbocycles. The van der Waals surface area contributed by atoms with E-state index < -0.39 is 0 Å². The van der Waals surface area contributed by atoms with Crippen molar-refractivity contribution in [2.45, 2.75) is 19.5 Å². The Morgan fingerprint density at radius 3 is 2.67 bits per heavy atom. The molecule has 3 rings (SSSR count). The van der Waals surface area contributed by atoms with Gasteiger partial charge in [0.1, 0.15) is 5.75 Å². The molecule has 24 heavy (non-hydrogen) atoms. The van der Waals surface area contributed by atoms with Crippen molar-refractivity contribution in [2.75, 3.05) is 40.0 Å². The van der Waals surface area contributed by atoms with Crippen LogP contribution in [0.1, 0.15) is 22.9 Å². The maximum absolute atomic E-state index is 5.51. The number of hydrogen-bond acceptors (Lipinski definition) is 5. The number of aromatic amines is 1. The van der Waals surface area contributed by atoms with Gasteiger partial charge in [-0.1, -0.05) is 12.1 Å². The Labute approximate surface area is 143 Å². The number of H-pyrrole nitrogens is 1. The first-order chi connectivity index (χ1) is 11.8. The zero-order chi connectivity index (χ0) is 16.8. The van der Waals surface area contributed by atoms with Crippen LogP contribution in [-0.4, -0.2) is 55.1 Å². The summed E-state index contributed by atoms with van der Waals surface area (Å²) in [7, 11) is 1.70. The zero-order valence-electron chi connectivity index (χ0n) is 14.4. The molecule has 0 bridgehead atoms. The van der Waals surface area contributed by atoms with Crippen LogP contribution in [0.3, 0.4) is 0 Å². The first kappa shape index (κ1) is 17.0. The third kappa shape index (κ3) is 4.14. The second-order valence-electron chi connectivity index (χ2n) is 6.09. The third-order valence-electron chi connectivity index (χ3n) is 4.57. The fourth-order valence-corrected chi connectivity index (χ4v) is 3.07. The Hall–Kier alpha value is -1.89. The van der Waals surface area contributed by atoms with Gasteiger partial charge in [-0.25, -0.2) is 0 Å². The maximum atomic E-state index is 5.51. The van der Waals surface area contributed by atoms with Gasteiger partial charge in [-0.05, 0) is 24.6 Å². The van der Waals surface area contributed by atoms with Crippen molar-refractivity contribution in [3.63, 3.8) is 0 Å². The molecule has 130 valence electrons. The molecule has 1 fully saturated rings. The molecule has 0 spiro atoms. The third-order valence-corrected chi connectivity index (χ3v) is 4.57. The second kappa shape index (κ2) is 8.28. The average molecular weight is 330 g/mol. The fraction of sp³-hybridized carbons (Fsp3) is 0.500. The van der Waals surface area contributed by atoms with Crippen LogP contribution in [0.5, 0.6) is 5.75 Å². The van der Waals surface area contributed by atoms with E-state index in [2.05, 4.69) is 32.5 Å². The van der Waals surface area contributed by atoms with E-state index in [1.165, 1.54) is 11.1 Å². The number of aromatic nitrogens is 2. The van der Waals surface area contributed by atoms with Crippen molar-refractivity contribution in [3.05, 3.63) is 47.3 Å². The van der Waals surface area contributed by atoms with Gasteiger partial charge in [0.25, 0.3) is 0 Å². The smallest absolute Gasteiger partial charge is 0.118 e. The molecule has 2 aromatic rings. The summed E-state index contributed by atoms with van der Waals surface area (Å²) in [5.41, 5.74) is 3.63. The molecule has 2 N–H and O–H groups in total. The van der Waals surface area contributed by atoms with Crippen molar-refractivity contribution in [1.29, 1.82) is 0 Å². The Morgan fingerprint density at radius 2 is 2.04 bits per heavy atom. The summed E-state index contributed by atoms with van der Waals surface area (Å²) in [6, 6.07) is 8.70. The molecule has 0 aliphatic carbocycles. The van der Waals surface area contributed by atoms with E-state index in [1.54, 1.807) is 7.11 Å². The molecule has 1 saturated heterocycles. The lowest BCUT2D eigenvalue weighted by Crippen LogP contribution is -2.42. The van der Waals surface area contributed by atoms with Crippen LogP contribution in [0.4, 0.5) is 0 Å². The predicted octanol–water partition coefficient (Wildman–Crippen LogP) is 1.89. The molecule has 0 saturated carbocycles. The van der Waals surface area contributed by atoms with E-state index in [9.17, 15) is 0 Å². The fourth-order valence-electron chi connectivity index (χ4n) is 3.07. The van der Waals surface area contributed by atoms with Gasteiger partial charge >= 0.3 is 0 Å². The number of ether oxygens (including phenoxy) is 2. The monoisotopic (exact) mass is 330 g/mol. The van der Waals surface area contributed by atoms with Gasteiger partial charge in [0.05, 0.1) is 26.5 Å². The van der Waals surface area contributed by atoms with Crippen LogP contribution < -0.4 is 10.1 Å². The van der Waals surface area contributed by atoms with Crippen LogP contribution in [-0.2, 0) is 11.3 Å². The molecule has 6 nitrogen and oxygen atoms in total. The van der Waals surface area contributed by atoms with Gasteiger partial charge in [-0.15, -0.1) is 0 Å². The van der Waals surface area contributed by atoms with Crippen LogP contribution in [0, 0.1) is 6.92 Å². The lowest BCUT2D eigenvalue weighted by Gasteiger charge is -2.35. The van der Waals surface area contributed by atoms with Crippen molar-refractivity contribution in [2.24, 2.45) is 0 Å². The van der Waals surface area contributed by atoms with Gasteiger partial charge in [-0.2, -0.15) is 5.10 Å². The van der Waals surface area contributed by atoms with E-state index in [-0.39, 0.29) is 0 Å². The molecule has 1 aliphatic rings. The summed E-state index contributed by atoms with van der Waals surface area (Å²) < 4.78 is 10.8. The number of nitrogens with one attached hydrogen (secondary N) is 2. The molecule has 0 amide bonds. The highest BCUT2D eigenvalue weighted by atomic mass is 16.5. The topological polar surface area (TPSA) is 62.4 Å². The van der Waals surface area contributed by atoms with E-state index >= 15 is 0 Å². The first-order valence-corrected chi connectivity index (χ1v) is 8.43. The summed E-state index contributed by atoms with van der Waals surface area (Å²) in [6.07, 6.45) is 1.89. The number of methoxy groups -OCH3 is 1. The van der Waals surface area contributed by atoms with E-state index in [0.717, 1.165) is 50.8 Å². The SMILES string of the molecule is COc1ccc([C@@H](CNCc2cn[nH]c2C)N2CCOCC2)cc1. The number of morpholine rings is 1.